The second-order valence-corrected chi connectivity index (χ2v) is 12.1. The first-order valence-electron chi connectivity index (χ1n) is 15.1. The van der Waals surface area contributed by atoms with Gasteiger partial charge in [-0.3, -0.25) is 19.3 Å². The van der Waals surface area contributed by atoms with Gasteiger partial charge in [-0.15, -0.1) is 5.10 Å². The number of nitrogen functional groups attached to an aromatic ring is 1. The molecule has 3 heterocycles. The largest absolute Gasteiger partial charge is 0.507 e. The minimum atomic E-state index is -0.704. The molecule has 0 unspecified atom stereocenters. The molecule has 0 spiro atoms. The number of hydrogen-bond acceptors (Lipinski definition) is 8. The van der Waals surface area contributed by atoms with E-state index in [-0.39, 0.29) is 28.6 Å². The van der Waals surface area contributed by atoms with Crippen LogP contribution in [-0.2, 0) is 0 Å². The van der Waals surface area contributed by atoms with Crippen molar-refractivity contribution in [2.45, 2.75) is 12.0 Å². The number of aromatic hydroxyl groups is 1. The number of fused-ring (bicyclic) bond motifs is 1. The first-order valence-corrected chi connectivity index (χ1v) is 15.8. The van der Waals surface area contributed by atoms with Crippen LogP contribution in [0.3, 0.4) is 0 Å². The molecule has 14 heteroatoms. The summed E-state index contributed by atoms with van der Waals surface area (Å²) in [6.07, 6.45) is 2.99. The van der Waals surface area contributed by atoms with Crippen LogP contribution in [0.2, 0.25) is 10.2 Å². The normalized spacial score (nSPS) is 12.5. The van der Waals surface area contributed by atoms with Gasteiger partial charge in [0.1, 0.15) is 5.75 Å². The van der Waals surface area contributed by atoms with Crippen LogP contribution in [0.5, 0.6) is 5.75 Å². The van der Waals surface area contributed by atoms with Gasteiger partial charge in [-0.05, 0) is 53.6 Å². The van der Waals surface area contributed by atoms with Crippen LogP contribution in [0.25, 0.3) is 27.8 Å². The summed E-state index contributed by atoms with van der Waals surface area (Å²) in [6, 6.07) is 27.4. The number of nitrogens with one attached hydrogen (secondary N) is 2. The summed E-state index contributed by atoms with van der Waals surface area (Å²) in [5, 5.41) is 29.6. The molecule has 0 saturated heterocycles. The molecular formula is C35H27Cl2N9O3. The number of nitrogens with two attached hydrogens (primary N) is 1. The van der Waals surface area contributed by atoms with Gasteiger partial charge >= 0.3 is 0 Å². The molecule has 244 valence electrons. The van der Waals surface area contributed by atoms with Crippen LogP contribution in [0.15, 0.2) is 114 Å². The Morgan fingerprint density at radius 2 is 1.76 bits per heavy atom. The Morgan fingerprint density at radius 3 is 2.51 bits per heavy atom. The van der Waals surface area contributed by atoms with E-state index in [0.717, 1.165) is 22.0 Å². The van der Waals surface area contributed by atoms with Crippen molar-refractivity contribution in [2.24, 2.45) is 0 Å². The lowest BCUT2D eigenvalue weighted by molar-refractivity contribution is 0.0943. The fraction of sp³-hybridized carbons (Fsp3) is 0.0857. The van der Waals surface area contributed by atoms with E-state index in [1.807, 2.05) is 48.5 Å². The van der Waals surface area contributed by atoms with Gasteiger partial charge in [-0.25, -0.2) is 9.67 Å². The predicted octanol–water partition coefficient (Wildman–Crippen LogP) is 5.77. The van der Waals surface area contributed by atoms with E-state index in [1.54, 1.807) is 30.3 Å². The van der Waals surface area contributed by atoms with Gasteiger partial charge in [0.2, 0.25) is 0 Å². The highest BCUT2D eigenvalue weighted by atomic mass is 35.5. The third-order valence-corrected chi connectivity index (χ3v) is 8.69. The summed E-state index contributed by atoms with van der Waals surface area (Å²) >= 11 is 12.4. The summed E-state index contributed by atoms with van der Waals surface area (Å²) in [5.74, 6) is -0.806. The van der Waals surface area contributed by atoms with E-state index < -0.39 is 17.9 Å². The lowest BCUT2D eigenvalue weighted by Crippen LogP contribution is -2.38. The molecule has 49 heavy (non-hydrogen) atoms. The van der Waals surface area contributed by atoms with Gasteiger partial charge in [0.05, 0.1) is 41.0 Å². The van der Waals surface area contributed by atoms with Crippen molar-refractivity contribution < 1.29 is 9.90 Å². The molecule has 0 radical (unpaired) electrons. The molecule has 7 aromatic rings. The highest BCUT2D eigenvalue weighted by molar-refractivity contribution is 6.31. The zero-order chi connectivity index (χ0) is 34.1. The topological polar surface area (TPSA) is 170 Å². The van der Waals surface area contributed by atoms with Crippen molar-refractivity contribution in [3.63, 3.8) is 0 Å². The highest BCUT2D eigenvalue weighted by Crippen LogP contribution is 2.37. The number of nitrogens with zero attached hydrogens (tertiary/aromatic N) is 6. The lowest BCUT2D eigenvalue weighted by Gasteiger charge is -2.30. The van der Waals surface area contributed by atoms with E-state index in [0.29, 0.717) is 27.8 Å². The number of aromatic nitrogens is 7. The molecule has 12 nitrogen and oxygen atoms in total. The van der Waals surface area contributed by atoms with E-state index >= 15 is 0 Å². The Hall–Kier alpha value is -5.98. The van der Waals surface area contributed by atoms with Crippen molar-refractivity contribution >= 4 is 45.8 Å². The molecule has 0 aliphatic heterocycles. The molecule has 2 atom stereocenters. The third kappa shape index (κ3) is 6.34. The number of anilines is 1. The molecule has 0 saturated carbocycles. The number of H-pyrrole nitrogens is 1. The van der Waals surface area contributed by atoms with Crippen molar-refractivity contribution in [1.82, 2.24) is 40.1 Å². The highest BCUT2D eigenvalue weighted by Gasteiger charge is 2.29. The summed E-state index contributed by atoms with van der Waals surface area (Å²) in [4.78, 5) is 32.3. The number of aromatic amines is 1. The second-order valence-electron chi connectivity index (χ2n) is 11.3. The first-order chi connectivity index (χ1) is 23.8. The quantitative estimate of drug-likeness (QED) is 0.148. The number of benzene rings is 4. The number of halogens is 2. The van der Waals surface area contributed by atoms with Crippen molar-refractivity contribution in [2.75, 3.05) is 12.3 Å². The number of amides is 1. The fourth-order valence-electron chi connectivity index (χ4n) is 5.96. The SMILES string of the molecule is Nc1n[nH]c2ccc([C@H](c3ccccc3)[C@@H](CNC(=O)c3ccccc3O)n3cnc(-c4cc(Cl)ccc4-n4cc(Cl)nn4)cc3=O)cc12. The number of carbonyl (C=O) groups is 1. The van der Waals surface area contributed by atoms with Crippen LogP contribution in [0, 0.1) is 0 Å². The Bertz CT molecular complexity index is 2370. The number of phenolic OH excluding ortho intramolecular Hbond substituents is 1. The standard InChI is InChI=1S/C35H27Cl2N9O3/c36-22-11-13-28(46-18-31(37)42-44-46)24(15-22)27-16-32(48)45(19-40-27)29(17-39-35(49)23-8-4-5-9-30(23)47)33(20-6-2-1-3-7-20)21-10-12-26-25(14-21)34(38)43-41-26/h1-16,18-19,29,33,47H,17H2,(H,39,49)(H3,38,41,43)/t29-,33+/m1/s1. The maximum atomic E-state index is 14.2. The van der Waals surface area contributed by atoms with E-state index in [4.69, 9.17) is 33.9 Å². The van der Waals surface area contributed by atoms with Gasteiger partial charge in [0, 0.05) is 34.5 Å². The van der Waals surface area contributed by atoms with Crippen molar-refractivity contribution in [3.8, 4) is 22.7 Å². The first kappa shape index (κ1) is 31.6. The summed E-state index contributed by atoms with van der Waals surface area (Å²) in [7, 11) is 0. The zero-order valence-corrected chi connectivity index (χ0v) is 27.0. The maximum Gasteiger partial charge on any atom is 0.255 e. The number of para-hydroxylation sites is 1. The second kappa shape index (κ2) is 13.3. The average molecular weight is 693 g/mol. The Balaban J connectivity index is 1.36. The summed E-state index contributed by atoms with van der Waals surface area (Å²) in [6.45, 7) is -0.00750. The number of rotatable bonds is 9. The lowest BCUT2D eigenvalue weighted by atomic mass is 9.84. The van der Waals surface area contributed by atoms with Gasteiger partial charge in [0.25, 0.3) is 11.5 Å². The molecule has 0 fully saturated rings. The average Bonchev–Trinajstić information content (AvgIpc) is 3.71. The third-order valence-electron chi connectivity index (χ3n) is 8.28. The van der Waals surface area contributed by atoms with Crippen molar-refractivity contribution in [1.29, 1.82) is 0 Å². The monoisotopic (exact) mass is 691 g/mol. The number of carbonyl (C=O) groups excluding carboxylic acids is 1. The van der Waals surface area contributed by atoms with Crippen LogP contribution in [0.1, 0.15) is 33.4 Å². The smallest absolute Gasteiger partial charge is 0.255 e. The molecular weight excluding hydrogens is 665 g/mol. The van der Waals surface area contributed by atoms with Crippen LogP contribution in [-0.4, -0.2) is 52.3 Å². The molecule has 7 rings (SSSR count). The van der Waals surface area contributed by atoms with Crippen LogP contribution < -0.4 is 16.6 Å². The Labute approximate surface area is 288 Å². The minimum Gasteiger partial charge on any atom is -0.507 e. The maximum absolute atomic E-state index is 14.2. The minimum absolute atomic E-state index is 0.00750. The van der Waals surface area contributed by atoms with E-state index in [9.17, 15) is 14.7 Å². The van der Waals surface area contributed by atoms with E-state index in [1.165, 1.54) is 40.0 Å². The molecule has 3 aromatic heterocycles. The number of hydrogen-bond donors (Lipinski definition) is 4. The number of phenols is 1. The van der Waals surface area contributed by atoms with Crippen molar-refractivity contribution in [3.05, 3.63) is 147 Å². The molecule has 5 N–H and O–H groups in total. The molecule has 0 aliphatic rings. The van der Waals surface area contributed by atoms with Crippen LogP contribution >= 0.6 is 23.2 Å². The van der Waals surface area contributed by atoms with Crippen LogP contribution in [0.4, 0.5) is 5.82 Å². The molecule has 1 amide bonds. The Morgan fingerprint density at radius 1 is 0.959 bits per heavy atom. The molecule has 4 aromatic carbocycles. The van der Waals surface area contributed by atoms with Gasteiger partial charge in [-0.2, -0.15) is 5.10 Å². The predicted molar refractivity (Wildman–Crippen MR) is 187 cm³/mol. The molecule has 0 aliphatic carbocycles. The summed E-state index contributed by atoms with van der Waals surface area (Å²) in [5.41, 5.74) is 9.80. The fourth-order valence-corrected chi connectivity index (χ4v) is 6.26. The van der Waals surface area contributed by atoms with Gasteiger partial charge in [0.15, 0.2) is 11.0 Å². The van der Waals surface area contributed by atoms with Gasteiger partial charge in [-0.1, -0.05) is 76.9 Å². The van der Waals surface area contributed by atoms with Gasteiger partial charge < -0.3 is 16.2 Å². The zero-order valence-electron chi connectivity index (χ0n) is 25.5. The Kier molecular flexibility index (Phi) is 8.55. The van der Waals surface area contributed by atoms with E-state index in [2.05, 4.69) is 25.8 Å². The molecule has 0 bridgehead atoms. The summed E-state index contributed by atoms with van der Waals surface area (Å²) < 4.78 is 2.97.